The van der Waals surface area contributed by atoms with Gasteiger partial charge in [-0.2, -0.15) is 0 Å². The molecule has 1 aliphatic carbocycles. The quantitative estimate of drug-likeness (QED) is 0.763. The van der Waals surface area contributed by atoms with Gasteiger partial charge < -0.3 is 11.1 Å². The fourth-order valence-corrected chi connectivity index (χ4v) is 2.81. The first-order chi connectivity index (χ1) is 8.47. The van der Waals surface area contributed by atoms with Crippen molar-refractivity contribution < 1.29 is 8.42 Å². The Hall–Kier alpha value is -1.11. The van der Waals surface area contributed by atoms with Gasteiger partial charge in [-0.15, -0.1) is 0 Å². The molecule has 0 radical (unpaired) electrons. The molecular weight excluding hydrogens is 250 g/mol. The SMILES string of the molecule is NC1CCCCC1Nc1ccc(S(N)(=O)=O)cc1. The lowest BCUT2D eigenvalue weighted by molar-refractivity contribution is 0.404. The van der Waals surface area contributed by atoms with Crippen molar-refractivity contribution in [3.05, 3.63) is 24.3 Å². The van der Waals surface area contributed by atoms with Gasteiger partial charge in [-0.25, -0.2) is 13.6 Å². The van der Waals surface area contributed by atoms with E-state index in [1.165, 1.54) is 25.0 Å². The Kier molecular flexibility index (Phi) is 3.89. The molecule has 0 spiro atoms. The van der Waals surface area contributed by atoms with Gasteiger partial charge in [-0.1, -0.05) is 12.8 Å². The number of sulfonamides is 1. The molecule has 1 aromatic rings. The first-order valence-corrected chi connectivity index (χ1v) is 7.66. The second-order valence-electron chi connectivity index (χ2n) is 4.77. The van der Waals surface area contributed by atoms with Crippen LogP contribution < -0.4 is 16.2 Å². The molecule has 1 aliphatic rings. The molecule has 5 nitrogen and oxygen atoms in total. The summed E-state index contributed by atoms with van der Waals surface area (Å²) in [4.78, 5) is 0.126. The van der Waals surface area contributed by atoms with Gasteiger partial charge in [-0.3, -0.25) is 0 Å². The fourth-order valence-electron chi connectivity index (χ4n) is 2.29. The standard InChI is InChI=1S/C12H19N3O2S/c13-11-3-1-2-4-12(11)15-9-5-7-10(8-6-9)18(14,16)17/h5-8,11-12,15H,1-4,13H2,(H2,14,16,17). The number of nitrogens with two attached hydrogens (primary N) is 2. The van der Waals surface area contributed by atoms with E-state index in [1.54, 1.807) is 12.1 Å². The molecule has 0 bridgehead atoms. The van der Waals surface area contributed by atoms with E-state index < -0.39 is 10.0 Å². The first kappa shape index (κ1) is 13.3. The number of primary sulfonamides is 1. The van der Waals surface area contributed by atoms with Gasteiger partial charge >= 0.3 is 0 Å². The van der Waals surface area contributed by atoms with Gasteiger partial charge in [0.2, 0.25) is 10.0 Å². The average molecular weight is 269 g/mol. The smallest absolute Gasteiger partial charge is 0.238 e. The van der Waals surface area contributed by atoms with E-state index in [9.17, 15) is 8.42 Å². The largest absolute Gasteiger partial charge is 0.381 e. The molecule has 100 valence electrons. The van der Waals surface area contributed by atoms with Crippen molar-refractivity contribution in [1.29, 1.82) is 0 Å². The maximum absolute atomic E-state index is 11.1. The molecule has 2 unspecified atom stereocenters. The third kappa shape index (κ3) is 3.22. The molecule has 6 heteroatoms. The Labute approximate surface area is 108 Å². The molecule has 1 fully saturated rings. The molecule has 2 atom stereocenters. The third-order valence-corrected chi connectivity index (χ3v) is 4.28. The van der Waals surface area contributed by atoms with Crippen LogP contribution in [0.25, 0.3) is 0 Å². The van der Waals surface area contributed by atoms with Crippen LogP contribution in [0.3, 0.4) is 0 Å². The molecule has 1 aromatic carbocycles. The number of hydrogen-bond acceptors (Lipinski definition) is 4. The van der Waals surface area contributed by atoms with E-state index in [-0.39, 0.29) is 17.0 Å². The van der Waals surface area contributed by atoms with Gasteiger partial charge in [0.05, 0.1) is 4.90 Å². The van der Waals surface area contributed by atoms with Crippen molar-refractivity contribution >= 4 is 15.7 Å². The third-order valence-electron chi connectivity index (χ3n) is 3.35. The van der Waals surface area contributed by atoms with Crippen LogP contribution in [0.1, 0.15) is 25.7 Å². The predicted octanol–water partition coefficient (Wildman–Crippen LogP) is 1.02. The van der Waals surface area contributed by atoms with Crippen LogP contribution in [0.4, 0.5) is 5.69 Å². The number of hydrogen-bond donors (Lipinski definition) is 3. The maximum atomic E-state index is 11.1. The van der Waals surface area contributed by atoms with E-state index in [2.05, 4.69) is 5.32 Å². The minimum absolute atomic E-state index is 0.126. The Morgan fingerprint density at radius 1 is 1.11 bits per heavy atom. The van der Waals surface area contributed by atoms with Crippen molar-refractivity contribution in [2.45, 2.75) is 42.7 Å². The van der Waals surface area contributed by atoms with E-state index in [0.29, 0.717) is 0 Å². The molecule has 0 aromatic heterocycles. The Bertz CT molecular complexity index is 499. The van der Waals surface area contributed by atoms with Crippen LogP contribution in [-0.2, 0) is 10.0 Å². The lowest BCUT2D eigenvalue weighted by atomic mass is 9.91. The summed E-state index contributed by atoms with van der Waals surface area (Å²) in [5.41, 5.74) is 6.93. The summed E-state index contributed by atoms with van der Waals surface area (Å²) in [5, 5.41) is 8.39. The average Bonchev–Trinajstić information content (AvgIpc) is 2.32. The van der Waals surface area contributed by atoms with Gasteiger partial charge in [0, 0.05) is 17.8 Å². The molecular formula is C12H19N3O2S. The van der Waals surface area contributed by atoms with Gasteiger partial charge in [0.1, 0.15) is 0 Å². The molecule has 0 heterocycles. The highest BCUT2D eigenvalue weighted by Crippen LogP contribution is 2.21. The normalized spacial score (nSPS) is 24.8. The van der Waals surface area contributed by atoms with Crippen LogP contribution in [0, 0.1) is 0 Å². The summed E-state index contributed by atoms with van der Waals surface area (Å²) in [6, 6.07) is 6.89. The van der Waals surface area contributed by atoms with Crippen molar-refractivity contribution in [3.8, 4) is 0 Å². The predicted molar refractivity (Wildman–Crippen MR) is 71.7 cm³/mol. The van der Waals surface area contributed by atoms with Crippen LogP contribution in [-0.4, -0.2) is 20.5 Å². The van der Waals surface area contributed by atoms with Gasteiger partial charge in [-0.05, 0) is 37.1 Å². The molecule has 1 saturated carbocycles. The topological polar surface area (TPSA) is 98.2 Å². The van der Waals surface area contributed by atoms with Gasteiger partial charge in [0.15, 0.2) is 0 Å². The Morgan fingerprint density at radius 2 is 1.72 bits per heavy atom. The van der Waals surface area contributed by atoms with Crippen molar-refractivity contribution in [3.63, 3.8) is 0 Å². The lowest BCUT2D eigenvalue weighted by Gasteiger charge is -2.30. The fraction of sp³-hybridized carbons (Fsp3) is 0.500. The zero-order chi connectivity index (χ0) is 13.2. The summed E-state index contributed by atoms with van der Waals surface area (Å²) in [7, 11) is -3.62. The number of anilines is 1. The zero-order valence-corrected chi connectivity index (χ0v) is 11.0. The van der Waals surface area contributed by atoms with E-state index in [4.69, 9.17) is 10.9 Å². The summed E-state index contributed by atoms with van der Waals surface area (Å²) in [6.45, 7) is 0. The minimum Gasteiger partial charge on any atom is -0.381 e. The number of rotatable bonds is 3. The molecule has 18 heavy (non-hydrogen) atoms. The Balaban J connectivity index is 2.06. The van der Waals surface area contributed by atoms with E-state index >= 15 is 0 Å². The minimum atomic E-state index is -3.62. The highest BCUT2D eigenvalue weighted by atomic mass is 32.2. The van der Waals surface area contributed by atoms with E-state index in [0.717, 1.165) is 18.5 Å². The highest BCUT2D eigenvalue weighted by Gasteiger charge is 2.21. The summed E-state index contributed by atoms with van der Waals surface area (Å²) in [6.07, 6.45) is 4.45. The summed E-state index contributed by atoms with van der Waals surface area (Å²) >= 11 is 0. The second kappa shape index (κ2) is 5.26. The maximum Gasteiger partial charge on any atom is 0.238 e. The van der Waals surface area contributed by atoms with Crippen molar-refractivity contribution in [1.82, 2.24) is 0 Å². The summed E-state index contributed by atoms with van der Waals surface area (Å²) in [5.74, 6) is 0. The lowest BCUT2D eigenvalue weighted by Crippen LogP contribution is -2.42. The molecule has 2 rings (SSSR count). The second-order valence-corrected chi connectivity index (χ2v) is 6.33. The first-order valence-electron chi connectivity index (χ1n) is 6.12. The monoisotopic (exact) mass is 269 g/mol. The number of nitrogens with one attached hydrogen (secondary N) is 1. The van der Waals surface area contributed by atoms with Crippen molar-refractivity contribution in [2.75, 3.05) is 5.32 Å². The summed E-state index contributed by atoms with van der Waals surface area (Å²) < 4.78 is 22.2. The molecule has 0 saturated heterocycles. The van der Waals surface area contributed by atoms with Crippen molar-refractivity contribution in [2.24, 2.45) is 10.9 Å². The Morgan fingerprint density at radius 3 is 2.28 bits per heavy atom. The molecule has 0 amide bonds. The zero-order valence-electron chi connectivity index (χ0n) is 10.2. The molecule has 0 aliphatic heterocycles. The van der Waals surface area contributed by atoms with Crippen LogP contribution >= 0.6 is 0 Å². The van der Waals surface area contributed by atoms with E-state index in [1.807, 2.05) is 0 Å². The van der Waals surface area contributed by atoms with Crippen LogP contribution in [0.2, 0.25) is 0 Å². The van der Waals surface area contributed by atoms with Crippen LogP contribution in [0.5, 0.6) is 0 Å². The number of benzene rings is 1. The van der Waals surface area contributed by atoms with Crippen LogP contribution in [0.15, 0.2) is 29.2 Å². The highest BCUT2D eigenvalue weighted by molar-refractivity contribution is 7.89. The molecule has 5 N–H and O–H groups in total. The van der Waals surface area contributed by atoms with Gasteiger partial charge in [0.25, 0.3) is 0 Å².